The highest BCUT2D eigenvalue weighted by Crippen LogP contribution is 2.26. The summed E-state index contributed by atoms with van der Waals surface area (Å²) in [7, 11) is 0. The molecule has 13 nitrogen and oxygen atoms in total. The molecule has 0 spiro atoms. The standard InChI is InChI=1S/C12H2O10.C3H8O3/c13-7(14)1-2(8(15)16)4-6(12(20)22-10(4)18)5-3(1)9(17)21-11(5)19;4-1-3(6)2-5/h(H,13,14)(H,15,16);3-6H,1-2H2. The van der Waals surface area contributed by atoms with Crippen molar-refractivity contribution in [3.8, 4) is 0 Å². The largest absolute Gasteiger partial charge is 0.478 e. The first-order valence-corrected chi connectivity index (χ1v) is 7.20. The van der Waals surface area contributed by atoms with Crippen LogP contribution in [0.3, 0.4) is 0 Å². The highest BCUT2D eigenvalue weighted by molar-refractivity contribution is 6.23. The first-order valence-electron chi connectivity index (χ1n) is 7.20. The summed E-state index contributed by atoms with van der Waals surface area (Å²) in [6.45, 7) is -0.729. The van der Waals surface area contributed by atoms with Crippen molar-refractivity contribution >= 4 is 33.5 Å². The SMILES string of the molecule is O=C(O)c1c(C(=O)O)c2c(=O)oc(=O)c2c2c(=O)oc(=O)c12.OCC(O)CO. The first kappa shape index (κ1) is 20.6. The quantitative estimate of drug-likeness (QED) is 0.300. The Labute approximate surface area is 150 Å². The second-order valence-corrected chi connectivity index (χ2v) is 5.23. The van der Waals surface area contributed by atoms with E-state index < -0.39 is 73.2 Å². The van der Waals surface area contributed by atoms with Crippen LogP contribution in [0, 0.1) is 0 Å². The van der Waals surface area contributed by atoms with Crippen LogP contribution in [0.25, 0.3) is 21.5 Å². The molecular formula is C15H10O13. The van der Waals surface area contributed by atoms with Crippen LogP contribution in [-0.4, -0.2) is 56.8 Å². The molecule has 2 aromatic heterocycles. The molecule has 0 atom stereocenters. The van der Waals surface area contributed by atoms with Gasteiger partial charge in [0.05, 0.1) is 45.9 Å². The zero-order valence-electron chi connectivity index (χ0n) is 13.5. The summed E-state index contributed by atoms with van der Waals surface area (Å²) in [5.41, 5.74) is -7.78. The second kappa shape index (κ2) is 7.51. The minimum absolute atomic E-state index is 0.365. The van der Waals surface area contributed by atoms with Crippen LogP contribution in [-0.2, 0) is 0 Å². The second-order valence-electron chi connectivity index (χ2n) is 5.23. The van der Waals surface area contributed by atoms with Crippen LogP contribution in [0.1, 0.15) is 20.7 Å². The van der Waals surface area contributed by atoms with Crippen molar-refractivity contribution in [1.82, 2.24) is 0 Å². The van der Waals surface area contributed by atoms with Gasteiger partial charge in [-0.2, -0.15) is 0 Å². The summed E-state index contributed by atoms with van der Waals surface area (Å²) in [5.74, 6) is -3.76. The monoisotopic (exact) mass is 398 g/mol. The van der Waals surface area contributed by atoms with Crippen LogP contribution in [0.4, 0.5) is 0 Å². The molecule has 0 aliphatic carbocycles. The lowest BCUT2D eigenvalue weighted by Crippen LogP contribution is -2.15. The Hall–Kier alpha value is -3.68. The van der Waals surface area contributed by atoms with Crippen molar-refractivity contribution in [3.63, 3.8) is 0 Å². The maximum absolute atomic E-state index is 11.6. The molecule has 3 rings (SSSR count). The van der Waals surface area contributed by atoms with Gasteiger partial charge in [-0.25, -0.2) is 28.8 Å². The number of rotatable bonds is 4. The molecule has 0 fully saturated rings. The molecule has 148 valence electrons. The van der Waals surface area contributed by atoms with E-state index in [4.69, 9.17) is 25.5 Å². The number of hydrogen-bond acceptors (Lipinski definition) is 11. The average Bonchev–Trinajstić information content (AvgIpc) is 3.08. The molecule has 5 N–H and O–H groups in total. The number of furan rings is 2. The normalized spacial score (nSPS) is 11.0. The van der Waals surface area contributed by atoms with E-state index in [1.54, 1.807) is 0 Å². The Kier molecular flexibility index (Phi) is 5.54. The summed E-state index contributed by atoms with van der Waals surface area (Å²) < 4.78 is 8.43. The number of hydrogen-bond donors (Lipinski definition) is 5. The molecule has 0 saturated heterocycles. The number of aromatic carboxylic acids is 2. The van der Waals surface area contributed by atoms with Crippen molar-refractivity contribution in [2.45, 2.75) is 6.10 Å². The predicted octanol–water partition coefficient (Wildman–Crippen LogP) is -2.78. The number of carbonyl (C=O) groups is 2. The topological polar surface area (TPSA) is 230 Å². The predicted molar refractivity (Wildman–Crippen MR) is 87.5 cm³/mol. The van der Waals surface area contributed by atoms with Gasteiger partial charge >= 0.3 is 34.4 Å². The van der Waals surface area contributed by atoms with E-state index in [0.29, 0.717) is 0 Å². The van der Waals surface area contributed by atoms with Crippen LogP contribution in [0.5, 0.6) is 0 Å². The Bertz CT molecular complexity index is 1180. The van der Waals surface area contributed by atoms with Gasteiger partial charge in [0.15, 0.2) is 0 Å². The Balaban J connectivity index is 0.000000409. The minimum Gasteiger partial charge on any atom is -0.478 e. The maximum atomic E-state index is 11.6. The third kappa shape index (κ3) is 3.20. The zero-order chi connectivity index (χ0) is 21.3. The van der Waals surface area contributed by atoms with Gasteiger partial charge in [-0.05, 0) is 0 Å². The van der Waals surface area contributed by atoms with E-state index in [9.17, 15) is 28.8 Å². The molecule has 3 aromatic rings. The van der Waals surface area contributed by atoms with Crippen LogP contribution in [0.15, 0.2) is 28.0 Å². The third-order valence-electron chi connectivity index (χ3n) is 3.54. The molecule has 0 aliphatic heterocycles. The van der Waals surface area contributed by atoms with Crippen LogP contribution in [0.2, 0.25) is 0 Å². The first-order chi connectivity index (χ1) is 13.1. The number of carboxylic acid groups (broad SMARTS) is 2. The van der Waals surface area contributed by atoms with E-state index in [1.165, 1.54) is 0 Å². The van der Waals surface area contributed by atoms with Crippen molar-refractivity contribution in [2.75, 3.05) is 13.2 Å². The highest BCUT2D eigenvalue weighted by Gasteiger charge is 2.33. The molecule has 0 aliphatic rings. The van der Waals surface area contributed by atoms with Crippen LogP contribution < -0.4 is 22.5 Å². The molecule has 28 heavy (non-hydrogen) atoms. The number of benzene rings is 1. The molecule has 0 radical (unpaired) electrons. The summed E-state index contributed by atoms with van der Waals surface area (Å²) in [6.07, 6.45) is -0.954. The van der Waals surface area contributed by atoms with Gasteiger partial charge in [-0.15, -0.1) is 0 Å². The van der Waals surface area contributed by atoms with Gasteiger partial charge in [0.1, 0.15) is 6.10 Å². The smallest absolute Gasteiger partial charge is 0.347 e. The molecular weight excluding hydrogens is 388 g/mol. The third-order valence-corrected chi connectivity index (χ3v) is 3.54. The van der Waals surface area contributed by atoms with Crippen molar-refractivity contribution in [2.24, 2.45) is 0 Å². The Morgan fingerprint density at radius 1 is 0.679 bits per heavy atom. The fourth-order valence-corrected chi connectivity index (χ4v) is 2.42. The van der Waals surface area contributed by atoms with E-state index in [-0.39, 0.29) is 13.2 Å². The summed E-state index contributed by atoms with van der Waals surface area (Å²) in [5, 5.41) is 39.0. The fourth-order valence-electron chi connectivity index (χ4n) is 2.42. The summed E-state index contributed by atoms with van der Waals surface area (Å²) >= 11 is 0. The fraction of sp³-hybridized carbons (Fsp3) is 0.200. The van der Waals surface area contributed by atoms with Gasteiger partial charge in [0, 0.05) is 0 Å². The lowest BCUT2D eigenvalue weighted by molar-refractivity contribution is 0.0450. The zero-order valence-corrected chi connectivity index (χ0v) is 13.5. The lowest BCUT2D eigenvalue weighted by Gasteiger charge is -2.02. The van der Waals surface area contributed by atoms with Gasteiger partial charge in [0.25, 0.3) is 0 Å². The van der Waals surface area contributed by atoms with Crippen molar-refractivity contribution in [3.05, 3.63) is 52.8 Å². The molecule has 0 bridgehead atoms. The van der Waals surface area contributed by atoms with Crippen molar-refractivity contribution in [1.29, 1.82) is 0 Å². The lowest BCUT2D eigenvalue weighted by atomic mass is 9.96. The van der Waals surface area contributed by atoms with Gasteiger partial charge in [0.2, 0.25) is 0 Å². The number of carboxylic acids is 2. The molecule has 2 heterocycles. The maximum Gasteiger partial charge on any atom is 0.347 e. The summed E-state index contributed by atoms with van der Waals surface area (Å²) in [6, 6.07) is 0. The molecule has 0 amide bonds. The van der Waals surface area contributed by atoms with E-state index in [1.807, 2.05) is 0 Å². The van der Waals surface area contributed by atoms with Gasteiger partial charge < -0.3 is 34.4 Å². The molecule has 0 saturated carbocycles. The Morgan fingerprint density at radius 3 is 1.18 bits per heavy atom. The number of aliphatic hydroxyl groups excluding tert-OH is 3. The molecule has 0 unspecified atom stereocenters. The minimum atomic E-state index is -1.88. The number of aliphatic hydroxyl groups is 3. The summed E-state index contributed by atoms with van der Waals surface area (Å²) in [4.78, 5) is 69.2. The van der Waals surface area contributed by atoms with E-state index in [2.05, 4.69) is 8.83 Å². The average molecular weight is 398 g/mol. The van der Waals surface area contributed by atoms with E-state index >= 15 is 0 Å². The Morgan fingerprint density at radius 2 is 0.964 bits per heavy atom. The van der Waals surface area contributed by atoms with E-state index in [0.717, 1.165) is 0 Å². The van der Waals surface area contributed by atoms with Gasteiger partial charge in [-0.1, -0.05) is 0 Å². The van der Waals surface area contributed by atoms with Crippen LogP contribution >= 0.6 is 0 Å². The molecule has 13 heteroatoms. The number of fused-ring (bicyclic) bond motifs is 3. The van der Waals surface area contributed by atoms with Gasteiger partial charge in [-0.3, -0.25) is 0 Å². The van der Waals surface area contributed by atoms with Crippen molar-refractivity contribution < 1.29 is 44.0 Å². The highest BCUT2D eigenvalue weighted by atomic mass is 16.4. The molecule has 1 aromatic carbocycles.